The Labute approximate surface area is 95.7 Å². The van der Waals surface area contributed by atoms with Crippen LogP contribution in [0.3, 0.4) is 0 Å². The Morgan fingerprint density at radius 2 is 2.00 bits per heavy atom. The van der Waals surface area contributed by atoms with Gasteiger partial charge in [0.15, 0.2) is 0 Å². The average Bonchev–Trinajstić information content (AvgIpc) is 2.69. The van der Waals surface area contributed by atoms with Crippen LogP contribution in [0.4, 0.5) is 10.1 Å². The van der Waals surface area contributed by atoms with Crippen molar-refractivity contribution < 1.29 is 9.50 Å². The van der Waals surface area contributed by atoms with Gasteiger partial charge in [0.25, 0.3) is 0 Å². The first-order chi connectivity index (χ1) is 7.72. The van der Waals surface area contributed by atoms with Crippen LogP contribution in [0.25, 0.3) is 0 Å². The highest BCUT2D eigenvalue weighted by molar-refractivity contribution is 5.47. The van der Waals surface area contributed by atoms with Gasteiger partial charge in [-0.3, -0.25) is 0 Å². The van der Waals surface area contributed by atoms with Gasteiger partial charge in [-0.15, -0.1) is 0 Å². The standard InChI is InChI=1S/C13H18FNO/c1-2-15(12-4-3-5-13(12)16)11-8-6-10(14)7-9-11/h6-9,12-13,16H,2-5H2,1H3/t12-,13-/m0/s1. The van der Waals surface area contributed by atoms with Crippen LogP contribution in [0, 0.1) is 5.82 Å². The molecule has 0 amide bonds. The molecule has 0 bridgehead atoms. The third-order valence-corrected chi connectivity index (χ3v) is 3.34. The van der Waals surface area contributed by atoms with Crippen molar-refractivity contribution in [2.45, 2.75) is 38.3 Å². The van der Waals surface area contributed by atoms with E-state index in [9.17, 15) is 9.50 Å². The van der Waals surface area contributed by atoms with E-state index in [1.54, 1.807) is 12.1 Å². The number of hydrogen-bond donors (Lipinski definition) is 1. The highest BCUT2D eigenvalue weighted by atomic mass is 19.1. The van der Waals surface area contributed by atoms with Crippen LogP contribution in [0.15, 0.2) is 24.3 Å². The van der Waals surface area contributed by atoms with E-state index < -0.39 is 0 Å². The van der Waals surface area contributed by atoms with Gasteiger partial charge < -0.3 is 10.0 Å². The van der Waals surface area contributed by atoms with Gasteiger partial charge in [-0.25, -0.2) is 4.39 Å². The van der Waals surface area contributed by atoms with E-state index in [2.05, 4.69) is 11.8 Å². The van der Waals surface area contributed by atoms with Gasteiger partial charge in [0.2, 0.25) is 0 Å². The predicted molar refractivity (Wildman–Crippen MR) is 63.1 cm³/mol. The van der Waals surface area contributed by atoms with Gasteiger partial charge in [-0.05, 0) is 50.5 Å². The molecule has 2 rings (SSSR count). The molecule has 2 atom stereocenters. The first-order valence-corrected chi connectivity index (χ1v) is 5.92. The molecular formula is C13H18FNO. The quantitative estimate of drug-likeness (QED) is 0.851. The van der Waals surface area contributed by atoms with Gasteiger partial charge >= 0.3 is 0 Å². The minimum absolute atomic E-state index is 0.190. The normalized spacial score (nSPS) is 24.7. The molecule has 0 unspecified atom stereocenters. The zero-order chi connectivity index (χ0) is 11.5. The summed E-state index contributed by atoms with van der Waals surface area (Å²) in [4.78, 5) is 2.16. The molecule has 0 aliphatic heterocycles. The lowest BCUT2D eigenvalue weighted by Crippen LogP contribution is -2.40. The summed E-state index contributed by atoms with van der Waals surface area (Å²) in [5, 5.41) is 9.89. The number of aliphatic hydroxyl groups excluding tert-OH is 1. The van der Waals surface area contributed by atoms with Crippen LogP contribution >= 0.6 is 0 Å². The topological polar surface area (TPSA) is 23.5 Å². The summed E-state index contributed by atoms with van der Waals surface area (Å²) in [7, 11) is 0. The summed E-state index contributed by atoms with van der Waals surface area (Å²) < 4.78 is 12.8. The molecule has 1 fully saturated rings. The van der Waals surface area contributed by atoms with E-state index in [-0.39, 0.29) is 18.0 Å². The summed E-state index contributed by atoms with van der Waals surface area (Å²) in [6.07, 6.45) is 2.73. The third kappa shape index (κ3) is 2.19. The minimum Gasteiger partial charge on any atom is -0.391 e. The van der Waals surface area contributed by atoms with Crippen LogP contribution in [0.5, 0.6) is 0 Å². The van der Waals surface area contributed by atoms with Crippen molar-refractivity contribution in [3.63, 3.8) is 0 Å². The molecule has 1 aliphatic rings. The molecule has 3 heteroatoms. The number of hydrogen-bond acceptors (Lipinski definition) is 2. The second-order valence-electron chi connectivity index (χ2n) is 4.33. The summed E-state index contributed by atoms with van der Waals surface area (Å²) in [6, 6.07) is 6.70. The Balaban J connectivity index is 2.18. The number of benzene rings is 1. The first kappa shape index (κ1) is 11.4. The van der Waals surface area contributed by atoms with Gasteiger partial charge in [-0.2, -0.15) is 0 Å². The summed E-state index contributed by atoms with van der Waals surface area (Å²) in [5.41, 5.74) is 0.995. The molecule has 0 spiro atoms. The van der Waals surface area contributed by atoms with Crippen LogP contribution in [0.1, 0.15) is 26.2 Å². The lowest BCUT2D eigenvalue weighted by atomic mass is 10.1. The maximum atomic E-state index is 12.8. The van der Waals surface area contributed by atoms with E-state index in [4.69, 9.17) is 0 Å². The molecule has 1 aromatic rings. The number of rotatable bonds is 3. The highest BCUT2D eigenvalue weighted by Crippen LogP contribution is 2.28. The predicted octanol–water partition coefficient (Wildman–Crippen LogP) is 2.57. The lowest BCUT2D eigenvalue weighted by Gasteiger charge is -2.32. The molecule has 1 aliphatic carbocycles. The molecule has 0 aromatic heterocycles. The fourth-order valence-electron chi connectivity index (χ4n) is 2.53. The smallest absolute Gasteiger partial charge is 0.123 e. The molecule has 16 heavy (non-hydrogen) atoms. The zero-order valence-corrected chi connectivity index (χ0v) is 9.56. The van der Waals surface area contributed by atoms with Crippen molar-refractivity contribution >= 4 is 5.69 Å². The van der Waals surface area contributed by atoms with E-state index in [1.165, 1.54) is 12.1 Å². The van der Waals surface area contributed by atoms with Crippen LogP contribution < -0.4 is 4.90 Å². The highest BCUT2D eigenvalue weighted by Gasteiger charge is 2.29. The summed E-state index contributed by atoms with van der Waals surface area (Å²) >= 11 is 0. The van der Waals surface area contributed by atoms with Crippen molar-refractivity contribution in [3.8, 4) is 0 Å². The van der Waals surface area contributed by atoms with Crippen molar-refractivity contribution in [2.24, 2.45) is 0 Å². The Kier molecular flexibility index (Phi) is 3.44. The van der Waals surface area contributed by atoms with Crippen LogP contribution in [-0.4, -0.2) is 23.8 Å². The largest absolute Gasteiger partial charge is 0.391 e. The third-order valence-electron chi connectivity index (χ3n) is 3.34. The Bertz CT molecular complexity index is 338. The molecular weight excluding hydrogens is 205 g/mol. The summed E-state index contributed by atoms with van der Waals surface area (Å²) in [6.45, 7) is 2.90. The van der Waals surface area contributed by atoms with Crippen molar-refractivity contribution in [1.29, 1.82) is 0 Å². The fraction of sp³-hybridized carbons (Fsp3) is 0.538. The number of likely N-dealkylation sites (N-methyl/N-ethyl adjacent to an activating group) is 1. The number of aliphatic hydroxyl groups is 1. The molecule has 0 heterocycles. The second kappa shape index (κ2) is 4.83. The van der Waals surface area contributed by atoms with Crippen LogP contribution in [0.2, 0.25) is 0 Å². The minimum atomic E-state index is -0.245. The van der Waals surface area contributed by atoms with E-state index in [0.29, 0.717) is 0 Å². The maximum Gasteiger partial charge on any atom is 0.123 e. The SMILES string of the molecule is CCN(c1ccc(F)cc1)[C@H]1CCC[C@@H]1O. The van der Waals surface area contributed by atoms with Crippen molar-refractivity contribution in [1.82, 2.24) is 0 Å². The molecule has 1 aromatic carbocycles. The molecule has 2 nitrogen and oxygen atoms in total. The molecule has 0 saturated heterocycles. The Hall–Kier alpha value is -1.09. The number of nitrogens with zero attached hydrogens (tertiary/aromatic N) is 1. The first-order valence-electron chi connectivity index (χ1n) is 5.92. The maximum absolute atomic E-state index is 12.8. The van der Waals surface area contributed by atoms with Crippen LogP contribution in [-0.2, 0) is 0 Å². The average molecular weight is 223 g/mol. The van der Waals surface area contributed by atoms with E-state index in [0.717, 1.165) is 31.5 Å². The van der Waals surface area contributed by atoms with Gasteiger partial charge in [0.1, 0.15) is 5.82 Å². The van der Waals surface area contributed by atoms with Gasteiger partial charge in [0, 0.05) is 12.2 Å². The lowest BCUT2D eigenvalue weighted by molar-refractivity contribution is 0.161. The molecule has 88 valence electrons. The van der Waals surface area contributed by atoms with E-state index in [1.807, 2.05) is 0 Å². The fourth-order valence-corrected chi connectivity index (χ4v) is 2.53. The number of halogens is 1. The second-order valence-corrected chi connectivity index (χ2v) is 4.33. The Morgan fingerprint density at radius 3 is 2.50 bits per heavy atom. The number of anilines is 1. The Morgan fingerprint density at radius 1 is 1.31 bits per heavy atom. The van der Waals surface area contributed by atoms with E-state index >= 15 is 0 Å². The summed E-state index contributed by atoms with van der Waals surface area (Å²) in [5.74, 6) is -0.216. The monoisotopic (exact) mass is 223 g/mol. The molecule has 1 N–H and O–H groups in total. The van der Waals surface area contributed by atoms with Gasteiger partial charge in [-0.1, -0.05) is 0 Å². The van der Waals surface area contributed by atoms with Crippen molar-refractivity contribution in [3.05, 3.63) is 30.1 Å². The molecule has 0 radical (unpaired) electrons. The van der Waals surface area contributed by atoms with Crippen molar-refractivity contribution in [2.75, 3.05) is 11.4 Å². The molecule has 1 saturated carbocycles. The van der Waals surface area contributed by atoms with Gasteiger partial charge in [0.05, 0.1) is 12.1 Å². The zero-order valence-electron chi connectivity index (χ0n) is 9.56.